The fourth-order valence-electron chi connectivity index (χ4n) is 5.43. The first-order valence-electron chi connectivity index (χ1n) is 12.3. The number of rotatable bonds is 5. The maximum atomic E-state index is 12.4. The summed E-state index contributed by atoms with van der Waals surface area (Å²) in [5, 5.41) is 3.26. The van der Waals surface area contributed by atoms with Gasteiger partial charge in [0.1, 0.15) is 11.5 Å². The number of pyridine rings is 1. The molecular formula is C26H32N6O2. The molecule has 2 aromatic heterocycles. The molecule has 0 radical (unpaired) electrons. The van der Waals surface area contributed by atoms with E-state index in [1.165, 1.54) is 12.8 Å². The van der Waals surface area contributed by atoms with Gasteiger partial charge in [0.05, 0.1) is 22.8 Å². The van der Waals surface area contributed by atoms with Crippen molar-refractivity contribution in [3.05, 3.63) is 64.5 Å². The maximum Gasteiger partial charge on any atom is 0.269 e. The van der Waals surface area contributed by atoms with Crippen molar-refractivity contribution in [1.29, 1.82) is 0 Å². The van der Waals surface area contributed by atoms with Crippen molar-refractivity contribution in [3.63, 3.8) is 0 Å². The van der Waals surface area contributed by atoms with Crippen molar-refractivity contribution in [3.8, 4) is 0 Å². The number of benzene rings is 1. The summed E-state index contributed by atoms with van der Waals surface area (Å²) in [6.07, 6.45) is 7.23. The van der Waals surface area contributed by atoms with Crippen LogP contribution in [0.1, 0.15) is 42.0 Å². The fraction of sp³-hybridized carbons (Fsp3) is 0.462. The third kappa shape index (κ3) is 4.82. The Morgan fingerprint density at radius 1 is 1.12 bits per heavy atom. The van der Waals surface area contributed by atoms with Gasteiger partial charge in [-0.2, -0.15) is 0 Å². The highest BCUT2D eigenvalue weighted by molar-refractivity contribution is 5.92. The molecule has 0 spiro atoms. The van der Waals surface area contributed by atoms with Crippen molar-refractivity contribution in [2.45, 2.75) is 38.1 Å². The molecule has 2 N–H and O–H groups in total. The molecule has 5 rings (SSSR count). The van der Waals surface area contributed by atoms with Crippen LogP contribution in [0, 0.1) is 5.92 Å². The zero-order valence-electron chi connectivity index (χ0n) is 19.7. The number of nitrogens with zero attached hydrogens (tertiary/aromatic N) is 4. The Morgan fingerprint density at radius 2 is 1.94 bits per heavy atom. The molecule has 8 heteroatoms. The van der Waals surface area contributed by atoms with E-state index in [4.69, 9.17) is 4.98 Å². The molecule has 4 heterocycles. The van der Waals surface area contributed by atoms with Gasteiger partial charge < -0.3 is 15.2 Å². The number of likely N-dealkylation sites (tertiary alicyclic amines) is 1. The molecule has 0 aliphatic carbocycles. The molecule has 2 aliphatic heterocycles. The first-order valence-corrected chi connectivity index (χ1v) is 12.3. The Morgan fingerprint density at radius 3 is 2.71 bits per heavy atom. The highest BCUT2D eigenvalue weighted by Crippen LogP contribution is 2.27. The van der Waals surface area contributed by atoms with Gasteiger partial charge in [0, 0.05) is 39.1 Å². The minimum absolute atomic E-state index is 0.0431. The van der Waals surface area contributed by atoms with E-state index in [0.29, 0.717) is 23.0 Å². The van der Waals surface area contributed by atoms with Crippen molar-refractivity contribution in [2.75, 3.05) is 38.1 Å². The molecule has 0 bridgehead atoms. The zero-order chi connectivity index (χ0) is 23.5. The summed E-state index contributed by atoms with van der Waals surface area (Å²) in [6, 6.07) is 11.9. The van der Waals surface area contributed by atoms with Gasteiger partial charge in [-0.05, 0) is 62.4 Å². The third-order valence-electron chi connectivity index (χ3n) is 7.25. The number of aromatic amines is 1. The lowest BCUT2D eigenvalue weighted by Crippen LogP contribution is -2.49. The van der Waals surface area contributed by atoms with Crippen LogP contribution in [0.15, 0.2) is 47.4 Å². The number of para-hydroxylation sites is 1. The monoisotopic (exact) mass is 460 g/mol. The van der Waals surface area contributed by atoms with Gasteiger partial charge in [0.2, 0.25) is 0 Å². The van der Waals surface area contributed by atoms with Gasteiger partial charge in [-0.25, -0.2) is 9.97 Å². The standard InChI is InChI=1S/C26H32N6O2/c1-27-26(34)23-9-8-20(16-28-23)31-13-10-19(11-14-31)32-12-4-5-18(17-32)15-24-29-22-7-3-2-6-21(22)25(33)30-24/h2-3,6-9,16,18-19H,4-5,10-15,17H2,1H3,(H,27,34)(H,29,30,33). The number of aromatic nitrogens is 3. The van der Waals surface area contributed by atoms with Gasteiger partial charge in [-0.3, -0.25) is 14.5 Å². The quantitative estimate of drug-likeness (QED) is 0.608. The third-order valence-corrected chi connectivity index (χ3v) is 7.25. The Kier molecular flexibility index (Phi) is 6.58. The number of carbonyl (C=O) groups excluding carboxylic acids is 1. The lowest BCUT2D eigenvalue weighted by atomic mass is 9.91. The smallest absolute Gasteiger partial charge is 0.269 e. The molecule has 2 fully saturated rings. The predicted octanol–water partition coefficient (Wildman–Crippen LogP) is 2.60. The molecule has 8 nitrogen and oxygen atoms in total. The van der Waals surface area contributed by atoms with Crippen LogP contribution in [0.4, 0.5) is 5.69 Å². The second-order valence-electron chi connectivity index (χ2n) is 9.44. The SMILES string of the molecule is CNC(=O)c1ccc(N2CCC(N3CCCC(Cc4nc5ccccc5c(=O)[nH]4)C3)CC2)cn1. The van der Waals surface area contributed by atoms with Crippen LogP contribution in [-0.2, 0) is 6.42 Å². The molecule has 1 aromatic carbocycles. The first-order chi connectivity index (χ1) is 16.6. The summed E-state index contributed by atoms with van der Waals surface area (Å²) < 4.78 is 0. The summed E-state index contributed by atoms with van der Waals surface area (Å²) in [6.45, 7) is 4.19. The number of hydrogen-bond acceptors (Lipinski definition) is 6. The number of piperidine rings is 2. The molecule has 34 heavy (non-hydrogen) atoms. The molecular weight excluding hydrogens is 428 g/mol. The summed E-state index contributed by atoms with van der Waals surface area (Å²) >= 11 is 0. The Labute approximate surface area is 199 Å². The largest absolute Gasteiger partial charge is 0.370 e. The Bertz CT molecular complexity index is 1200. The van der Waals surface area contributed by atoms with Crippen LogP contribution in [0.5, 0.6) is 0 Å². The van der Waals surface area contributed by atoms with Gasteiger partial charge in [-0.15, -0.1) is 0 Å². The molecule has 0 saturated carbocycles. The second kappa shape index (κ2) is 9.93. The zero-order valence-corrected chi connectivity index (χ0v) is 19.7. The first kappa shape index (κ1) is 22.5. The summed E-state index contributed by atoms with van der Waals surface area (Å²) in [5.74, 6) is 1.16. The second-order valence-corrected chi connectivity index (χ2v) is 9.44. The van der Waals surface area contributed by atoms with Crippen LogP contribution >= 0.6 is 0 Å². The maximum absolute atomic E-state index is 12.4. The summed E-state index contributed by atoms with van der Waals surface area (Å²) in [5.41, 5.74) is 2.26. The topological polar surface area (TPSA) is 94.2 Å². The number of H-pyrrole nitrogens is 1. The lowest BCUT2D eigenvalue weighted by molar-refractivity contribution is 0.0958. The summed E-state index contributed by atoms with van der Waals surface area (Å²) in [7, 11) is 1.62. The molecule has 178 valence electrons. The van der Waals surface area contributed by atoms with E-state index in [2.05, 4.69) is 25.1 Å². The Balaban J connectivity index is 1.17. The van der Waals surface area contributed by atoms with Crippen molar-refractivity contribution in [1.82, 2.24) is 25.2 Å². The van der Waals surface area contributed by atoms with Crippen molar-refractivity contribution < 1.29 is 4.79 Å². The molecule has 1 amide bonds. The van der Waals surface area contributed by atoms with E-state index >= 15 is 0 Å². The van der Waals surface area contributed by atoms with E-state index in [1.807, 2.05) is 30.3 Å². The minimum atomic E-state index is -0.159. The number of hydrogen-bond donors (Lipinski definition) is 2. The number of carbonyl (C=O) groups is 1. The number of fused-ring (bicyclic) bond motifs is 1. The van der Waals surface area contributed by atoms with Gasteiger partial charge >= 0.3 is 0 Å². The normalized spacial score (nSPS) is 19.9. The average Bonchev–Trinajstić information content (AvgIpc) is 2.89. The van der Waals surface area contributed by atoms with E-state index in [1.54, 1.807) is 19.3 Å². The highest BCUT2D eigenvalue weighted by Gasteiger charge is 2.29. The van der Waals surface area contributed by atoms with Crippen LogP contribution in [0.25, 0.3) is 10.9 Å². The average molecular weight is 461 g/mol. The summed E-state index contributed by atoms with van der Waals surface area (Å²) in [4.78, 5) is 41.2. The van der Waals surface area contributed by atoms with Crippen LogP contribution in [-0.4, -0.2) is 65.0 Å². The molecule has 2 saturated heterocycles. The minimum Gasteiger partial charge on any atom is -0.370 e. The van der Waals surface area contributed by atoms with E-state index in [-0.39, 0.29) is 11.5 Å². The fourth-order valence-corrected chi connectivity index (χ4v) is 5.43. The predicted molar refractivity (Wildman–Crippen MR) is 133 cm³/mol. The van der Waals surface area contributed by atoms with Crippen molar-refractivity contribution in [2.24, 2.45) is 5.92 Å². The molecule has 2 aliphatic rings. The van der Waals surface area contributed by atoms with Crippen LogP contribution in [0.3, 0.4) is 0 Å². The van der Waals surface area contributed by atoms with Crippen LogP contribution < -0.4 is 15.8 Å². The van der Waals surface area contributed by atoms with E-state index < -0.39 is 0 Å². The molecule has 1 unspecified atom stereocenters. The number of anilines is 1. The van der Waals surface area contributed by atoms with Gasteiger partial charge in [-0.1, -0.05) is 12.1 Å². The van der Waals surface area contributed by atoms with Gasteiger partial charge in [0.25, 0.3) is 11.5 Å². The number of amides is 1. The van der Waals surface area contributed by atoms with Crippen molar-refractivity contribution >= 4 is 22.5 Å². The Hall–Kier alpha value is -3.26. The molecule has 1 atom stereocenters. The lowest BCUT2D eigenvalue weighted by Gasteiger charge is -2.42. The number of nitrogens with one attached hydrogen (secondary N) is 2. The van der Waals surface area contributed by atoms with E-state index in [0.717, 1.165) is 62.5 Å². The molecule has 3 aromatic rings. The van der Waals surface area contributed by atoms with Gasteiger partial charge in [0.15, 0.2) is 0 Å². The highest BCUT2D eigenvalue weighted by atomic mass is 16.1. The van der Waals surface area contributed by atoms with Crippen LogP contribution in [0.2, 0.25) is 0 Å². The van der Waals surface area contributed by atoms with E-state index in [9.17, 15) is 9.59 Å².